The number of fused-ring (bicyclic) bond motifs is 2. The maximum Gasteiger partial charge on any atom is 0.220 e. The van der Waals surface area contributed by atoms with Crippen molar-refractivity contribution < 1.29 is 9.13 Å². The van der Waals surface area contributed by atoms with Gasteiger partial charge in [-0.3, -0.25) is 10.1 Å². The Bertz CT molecular complexity index is 1070. The largest absolute Gasteiger partial charge is 0.477 e. The molecule has 0 unspecified atom stereocenters. The van der Waals surface area contributed by atoms with Crippen molar-refractivity contribution in [2.45, 2.75) is 13.0 Å². The summed E-state index contributed by atoms with van der Waals surface area (Å²) >= 11 is 0. The first-order valence-electron chi connectivity index (χ1n) is 7.95. The lowest BCUT2D eigenvalue weighted by Crippen LogP contribution is -2.14. The Morgan fingerprint density at radius 2 is 2.12 bits per heavy atom. The molecule has 8 heteroatoms. The minimum Gasteiger partial charge on any atom is -0.477 e. The van der Waals surface area contributed by atoms with E-state index in [1.54, 1.807) is 18.5 Å². The van der Waals surface area contributed by atoms with Crippen LogP contribution in [0.2, 0.25) is 0 Å². The second-order valence-corrected chi connectivity index (χ2v) is 5.81. The zero-order valence-corrected chi connectivity index (χ0v) is 13.1. The first kappa shape index (κ1) is 14.1. The Labute approximate surface area is 141 Å². The molecule has 0 atom stereocenters. The number of rotatable bonds is 2. The summed E-state index contributed by atoms with van der Waals surface area (Å²) in [6, 6.07) is 4.91. The van der Waals surface area contributed by atoms with Crippen molar-refractivity contribution >= 4 is 11.0 Å². The number of H-pyrrole nitrogens is 1. The molecular weight excluding hydrogens is 323 g/mol. The minimum atomic E-state index is -0.383. The highest BCUT2D eigenvalue weighted by atomic mass is 19.1. The van der Waals surface area contributed by atoms with Crippen molar-refractivity contribution in [3.05, 3.63) is 42.6 Å². The molecule has 124 valence electrons. The van der Waals surface area contributed by atoms with Crippen LogP contribution in [0.3, 0.4) is 0 Å². The zero-order chi connectivity index (χ0) is 16.8. The van der Waals surface area contributed by atoms with E-state index in [9.17, 15) is 4.39 Å². The number of aryl methyl sites for hydroxylation is 1. The molecule has 4 aromatic rings. The molecule has 1 aliphatic heterocycles. The van der Waals surface area contributed by atoms with Crippen LogP contribution >= 0.6 is 0 Å². The summed E-state index contributed by atoms with van der Waals surface area (Å²) in [7, 11) is 0. The lowest BCUT2D eigenvalue weighted by atomic mass is 10.0. The predicted molar refractivity (Wildman–Crippen MR) is 88.4 cm³/mol. The number of nitrogens with one attached hydrogen (secondary N) is 1. The van der Waals surface area contributed by atoms with E-state index in [1.807, 2.05) is 10.7 Å². The first-order valence-corrected chi connectivity index (χ1v) is 7.95. The fraction of sp³-hybridized carbons (Fsp3) is 0.176. The van der Waals surface area contributed by atoms with Crippen LogP contribution in [0.5, 0.6) is 5.88 Å². The third-order valence-electron chi connectivity index (χ3n) is 4.25. The number of halogens is 1. The SMILES string of the molecule is Fc1ccc(-c2nn3c(c2-c2ccnc4[nH]ncc24)OCCC3)nc1. The maximum absolute atomic E-state index is 13.3. The van der Waals surface area contributed by atoms with Crippen LogP contribution in [-0.4, -0.2) is 36.6 Å². The zero-order valence-electron chi connectivity index (χ0n) is 13.1. The standard InChI is InChI=1S/C17H13FN6O/c18-10-2-3-13(20-8-10)15-14(17-24(23-15)6-1-7-25-17)11-4-5-19-16-12(11)9-21-22-16/h2-5,8-9H,1,6-7H2,(H,19,21,22). The van der Waals surface area contributed by atoms with Crippen LogP contribution in [0.15, 0.2) is 36.8 Å². The van der Waals surface area contributed by atoms with Gasteiger partial charge in [0.2, 0.25) is 5.88 Å². The summed E-state index contributed by atoms with van der Waals surface area (Å²) in [4.78, 5) is 8.49. The number of ether oxygens (including phenoxy) is 1. The second-order valence-electron chi connectivity index (χ2n) is 5.81. The van der Waals surface area contributed by atoms with Crippen molar-refractivity contribution in [2.75, 3.05) is 6.61 Å². The van der Waals surface area contributed by atoms with Crippen molar-refractivity contribution in [2.24, 2.45) is 0 Å². The van der Waals surface area contributed by atoms with Crippen molar-refractivity contribution in [3.63, 3.8) is 0 Å². The second kappa shape index (κ2) is 5.37. The summed E-state index contributed by atoms with van der Waals surface area (Å²) in [5.41, 5.74) is 3.67. The highest BCUT2D eigenvalue weighted by Gasteiger charge is 2.26. The first-order chi connectivity index (χ1) is 12.3. The van der Waals surface area contributed by atoms with Gasteiger partial charge in [0.05, 0.1) is 30.3 Å². The van der Waals surface area contributed by atoms with E-state index in [0.717, 1.165) is 29.5 Å². The van der Waals surface area contributed by atoms with Crippen LogP contribution in [0.1, 0.15) is 6.42 Å². The number of aromatic amines is 1. The smallest absolute Gasteiger partial charge is 0.220 e. The van der Waals surface area contributed by atoms with Gasteiger partial charge in [0.1, 0.15) is 11.5 Å². The Balaban J connectivity index is 1.81. The molecule has 0 amide bonds. The Hall–Kier alpha value is -3.29. The number of hydrogen-bond acceptors (Lipinski definition) is 5. The molecule has 0 bridgehead atoms. The molecule has 1 N–H and O–H groups in total. The molecule has 0 aromatic carbocycles. The average molecular weight is 336 g/mol. The van der Waals surface area contributed by atoms with Gasteiger partial charge in [-0.05, 0) is 18.2 Å². The molecule has 0 fully saturated rings. The molecule has 7 nitrogen and oxygen atoms in total. The van der Waals surface area contributed by atoms with Crippen molar-refractivity contribution in [1.29, 1.82) is 0 Å². The van der Waals surface area contributed by atoms with Crippen LogP contribution in [0, 0.1) is 5.82 Å². The van der Waals surface area contributed by atoms with Gasteiger partial charge < -0.3 is 4.74 Å². The summed E-state index contributed by atoms with van der Waals surface area (Å²) in [6.07, 6.45) is 5.52. The molecule has 0 aliphatic carbocycles. The lowest BCUT2D eigenvalue weighted by molar-refractivity contribution is 0.231. The van der Waals surface area contributed by atoms with Gasteiger partial charge in [-0.25, -0.2) is 14.1 Å². The molecule has 4 aromatic heterocycles. The summed E-state index contributed by atoms with van der Waals surface area (Å²) in [5, 5.41) is 12.5. The van der Waals surface area contributed by atoms with Crippen LogP contribution < -0.4 is 4.74 Å². The summed E-state index contributed by atoms with van der Waals surface area (Å²) < 4.78 is 21.0. The summed E-state index contributed by atoms with van der Waals surface area (Å²) in [5.74, 6) is 0.313. The average Bonchev–Trinajstić information content (AvgIpc) is 3.26. The van der Waals surface area contributed by atoms with E-state index < -0.39 is 0 Å². The monoisotopic (exact) mass is 336 g/mol. The van der Waals surface area contributed by atoms with E-state index in [1.165, 1.54) is 12.3 Å². The Morgan fingerprint density at radius 3 is 3.00 bits per heavy atom. The van der Waals surface area contributed by atoms with Crippen LogP contribution in [-0.2, 0) is 6.54 Å². The van der Waals surface area contributed by atoms with Gasteiger partial charge in [-0.15, -0.1) is 0 Å². The molecule has 0 saturated heterocycles. The third-order valence-corrected chi connectivity index (χ3v) is 4.25. The van der Waals surface area contributed by atoms with Crippen molar-refractivity contribution in [1.82, 2.24) is 29.9 Å². The molecule has 25 heavy (non-hydrogen) atoms. The van der Waals surface area contributed by atoms with E-state index >= 15 is 0 Å². The molecular formula is C17H13FN6O. The molecule has 0 saturated carbocycles. The molecule has 1 aliphatic rings. The van der Waals surface area contributed by atoms with E-state index in [2.05, 4.69) is 25.3 Å². The molecule has 0 radical (unpaired) electrons. The number of hydrogen-bond donors (Lipinski definition) is 1. The third kappa shape index (κ3) is 2.18. The topological polar surface area (TPSA) is 81.5 Å². The fourth-order valence-electron chi connectivity index (χ4n) is 3.13. The minimum absolute atomic E-state index is 0.383. The van der Waals surface area contributed by atoms with Crippen LogP contribution in [0.4, 0.5) is 4.39 Å². The fourth-order valence-corrected chi connectivity index (χ4v) is 3.13. The number of aromatic nitrogens is 6. The maximum atomic E-state index is 13.3. The summed E-state index contributed by atoms with van der Waals surface area (Å²) in [6.45, 7) is 1.40. The van der Waals surface area contributed by atoms with Gasteiger partial charge in [-0.1, -0.05) is 0 Å². The van der Waals surface area contributed by atoms with Crippen LogP contribution in [0.25, 0.3) is 33.5 Å². The van der Waals surface area contributed by atoms with E-state index in [-0.39, 0.29) is 5.82 Å². The van der Waals surface area contributed by atoms with Gasteiger partial charge in [0.25, 0.3) is 0 Å². The van der Waals surface area contributed by atoms with E-state index in [0.29, 0.717) is 29.5 Å². The van der Waals surface area contributed by atoms with Gasteiger partial charge >= 0.3 is 0 Å². The molecule has 0 spiro atoms. The lowest BCUT2D eigenvalue weighted by Gasteiger charge is -2.16. The highest BCUT2D eigenvalue weighted by Crippen LogP contribution is 2.42. The van der Waals surface area contributed by atoms with Gasteiger partial charge in [-0.2, -0.15) is 10.2 Å². The highest BCUT2D eigenvalue weighted by molar-refractivity contribution is 5.98. The molecule has 5 rings (SSSR count). The van der Waals surface area contributed by atoms with Gasteiger partial charge in [0.15, 0.2) is 5.65 Å². The molecule has 5 heterocycles. The number of pyridine rings is 2. The van der Waals surface area contributed by atoms with E-state index in [4.69, 9.17) is 4.74 Å². The van der Waals surface area contributed by atoms with Crippen molar-refractivity contribution in [3.8, 4) is 28.4 Å². The Morgan fingerprint density at radius 1 is 1.16 bits per heavy atom. The van der Waals surface area contributed by atoms with Gasteiger partial charge in [0, 0.05) is 30.1 Å². The Kier molecular flexibility index (Phi) is 3.03. The number of nitrogens with zero attached hydrogens (tertiary/aromatic N) is 5. The predicted octanol–water partition coefficient (Wildman–Crippen LogP) is 2.81. The normalized spacial score (nSPS) is 13.6. The quantitative estimate of drug-likeness (QED) is 0.609.